The van der Waals surface area contributed by atoms with Crippen LogP contribution in [0.25, 0.3) is 0 Å². The molecule has 0 fully saturated rings. The number of aryl methyl sites for hydroxylation is 2. The Balaban J connectivity index is 2.79. The fourth-order valence-corrected chi connectivity index (χ4v) is 2.90. The Morgan fingerprint density at radius 1 is 1.19 bits per heavy atom. The first-order valence-electron chi connectivity index (χ1n) is 7.83. The maximum Gasteiger partial charge on any atom is 0.356 e. The largest absolute Gasteiger partial charge is 0.508 e. The third-order valence-electron chi connectivity index (χ3n) is 3.39. The van der Waals surface area contributed by atoms with E-state index in [1.54, 1.807) is 6.92 Å². The molecule has 1 aromatic carbocycles. The summed E-state index contributed by atoms with van der Waals surface area (Å²) < 4.78 is 5.32. The van der Waals surface area contributed by atoms with Gasteiger partial charge in [-0.1, -0.05) is 51.5 Å². The van der Waals surface area contributed by atoms with Crippen LogP contribution >= 0.6 is 0 Å². The van der Waals surface area contributed by atoms with Crippen molar-refractivity contribution in [2.45, 2.75) is 59.3 Å². The van der Waals surface area contributed by atoms with Crippen molar-refractivity contribution >= 4 is 20.9 Å². The van der Waals surface area contributed by atoms with E-state index in [0.29, 0.717) is 5.57 Å². The Morgan fingerprint density at radius 3 is 2.48 bits per heavy atom. The molecule has 0 aromatic heterocycles. The number of carbonyl (C=O) groups is 1. The van der Waals surface area contributed by atoms with Crippen molar-refractivity contribution in [2.75, 3.05) is 0 Å². The summed E-state index contributed by atoms with van der Waals surface area (Å²) in [7, 11) is 0.0760. The lowest BCUT2D eigenvalue weighted by Crippen LogP contribution is -2.25. The van der Waals surface area contributed by atoms with Gasteiger partial charge in [0.25, 0.3) is 0 Å². The van der Waals surface area contributed by atoms with Crippen molar-refractivity contribution in [2.24, 2.45) is 0 Å². The Labute approximate surface area is 131 Å². The Bertz CT molecular complexity index is 480. The minimum absolute atomic E-state index is 0.0760. The monoisotopic (exact) mass is 302 g/mol. The molecule has 0 atom stereocenters. The smallest absolute Gasteiger partial charge is 0.356 e. The number of benzene rings is 1. The number of hydrogen-bond donors (Lipinski definition) is 0. The van der Waals surface area contributed by atoms with Crippen LogP contribution < -0.4 is 5.19 Å². The first-order valence-corrected chi connectivity index (χ1v) is 8.73. The zero-order valence-corrected chi connectivity index (χ0v) is 14.5. The van der Waals surface area contributed by atoms with Gasteiger partial charge in [-0.15, -0.1) is 0 Å². The Kier molecular flexibility index (Phi) is 8.06. The van der Waals surface area contributed by atoms with Gasteiger partial charge in [-0.25, -0.2) is 4.79 Å². The molecule has 0 amide bonds. The fourth-order valence-electron chi connectivity index (χ4n) is 2.05. The van der Waals surface area contributed by atoms with Crippen LogP contribution in [0.3, 0.4) is 0 Å². The van der Waals surface area contributed by atoms with Crippen LogP contribution in [0.5, 0.6) is 0 Å². The third kappa shape index (κ3) is 6.30. The summed E-state index contributed by atoms with van der Waals surface area (Å²) in [5, 5.41) is 1.15. The first-order chi connectivity index (χ1) is 10.1. The first kappa shape index (κ1) is 17.7. The predicted octanol–water partition coefficient (Wildman–Crippen LogP) is 3.74. The van der Waals surface area contributed by atoms with E-state index < -0.39 is 0 Å². The van der Waals surface area contributed by atoms with Gasteiger partial charge in [-0.05, 0) is 48.9 Å². The van der Waals surface area contributed by atoms with Crippen LogP contribution in [0.2, 0.25) is 0 Å². The van der Waals surface area contributed by atoms with Gasteiger partial charge in [-0.2, -0.15) is 0 Å². The minimum Gasteiger partial charge on any atom is -0.508 e. The number of rotatable bonds is 9. The zero-order chi connectivity index (χ0) is 15.7. The SMILES string of the molecule is C=C(C)C(=O)O[Si]c1ccc(CCCC)cc1CCCC. The molecule has 0 heterocycles. The van der Waals surface area contributed by atoms with E-state index in [1.165, 1.54) is 36.8 Å². The van der Waals surface area contributed by atoms with Crippen molar-refractivity contribution in [3.63, 3.8) is 0 Å². The van der Waals surface area contributed by atoms with Gasteiger partial charge in [0.15, 0.2) is 0 Å². The summed E-state index contributed by atoms with van der Waals surface area (Å²) in [6.07, 6.45) is 6.97. The molecule has 0 bridgehead atoms. The second kappa shape index (κ2) is 9.56. The average molecular weight is 302 g/mol. The van der Waals surface area contributed by atoms with Crippen molar-refractivity contribution < 1.29 is 9.22 Å². The standard InChI is InChI=1S/C18H26O2Si/c1-5-7-9-15-11-12-17(16(13-15)10-8-6-2)21-20-18(19)14(3)4/h11-13H,3,5-10H2,1-2,4H3. The van der Waals surface area contributed by atoms with E-state index in [2.05, 4.69) is 38.6 Å². The van der Waals surface area contributed by atoms with E-state index in [9.17, 15) is 4.79 Å². The normalized spacial score (nSPS) is 10.4. The summed E-state index contributed by atoms with van der Waals surface area (Å²) in [6, 6.07) is 6.59. The molecule has 21 heavy (non-hydrogen) atoms. The molecule has 0 saturated carbocycles. The van der Waals surface area contributed by atoms with Crippen LogP contribution in [0, 0.1) is 0 Å². The van der Waals surface area contributed by atoms with Crippen LogP contribution in [-0.2, 0) is 22.1 Å². The zero-order valence-electron chi connectivity index (χ0n) is 13.5. The summed E-state index contributed by atoms with van der Waals surface area (Å²) >= 11 is 0. The van der Waals surface area contributed by atoms with Gasteiger partial charge in [-0.3, -0.25) is 0 Å². The summed E-state index contributed by atoms with van der Waals surface area (Å²) in [6.45, 7) is 9.71. The highest BCUT2D eigenvalue weighted by molar-refractivity contribution is 6.50. The van der Waals surface area contributed by atoms with Gasteiger partial charge in [0.05, 0.1) is 0 Å². The van der Waals surface area contributed by atoms with Gasteiger partial charge in [0.2, 0.25) is 0 Å². The predicted molar refractivity (Wildman–Crippen MR) is 90.0 cm³/mol. The average Bonchev–Trinajstić information content (AvgIpc) is 2.49. The van der Waals surface area contributed by atoms with Gasteiger partial charge in [0, 0.05) is 5.57 Å². The lowest BCUT2D eigenvalue weighted by atomic mass is 10.0. The van der Waals surface area contributed by atoms with Gasteiger partial charge >= 0.3 is 15.7 Å². The van der Waals surface area contributed by atoms with Gasteiger partial charge < -0.3 is 4.43 Å². The summed E-state index contributed by atoms with van der Waals surface area (Å²) in [4.78, 5) is 11.5. The molecular weight excluding hydrogens is 276 g/mol. The maximum atomic E-state index is 11.5. The van der Waals surface area contributed by atoms with Crippen LogP contribution in [0.15, 0.2) is 30.4 Å². The van der Waals surface area contributed by atoms with E-state index in [0.717, 1.165) is 18.0 Å². The van der Waals surface area contributed by atoms with E-state index >= 15 is 0 Å². The molecule has 0 aliphatic rings. The number of carbonyl (C=O) groups excluding carboxylic acids is 1. The quantitative estimate of drug-likeness (QED) is 0.513. The van der Waals surface area contributed by atoms with E-state index in [-0.39, 0.29) is 15.7 Å². The molecule has 1 rings (SSSR count). The highest BCUT2D eigenvalue weighted by Crippen LogP contribution is 2.10. The number of hydrogen-bond acceptors (Lipinski definition) is 2. The van der Waals surface area contributed by atoms with E-state index in [1.807, 2.05) is 0 Å². The maximum absolute atomic E-state index is 11.5. The van der Waals surface area contributed by atoms with Crippen molar-refractivity contribution in [3.05, 3.63) is 41.5 Å². The minimum atomic E-state index is -0.301. The fraction of sp³-hybridized carbons (Fsp3) is 0.500. The van der Waals surface area contributed by atoms with Gasteiger partial charge in [0.1, 0.15) is 0 Å². The van der Waals surface area contributed by atoms with Crippen molar-refractivity contribution in [1.29, 1.82) is 0 Å². The molecular formula is C18H26O2Si. The third-order valence-corrected chi connectivity index (χ3v) is 4.39. The highest BCUT2D eigenvalue weighted by Gasteiger charge is 2.10. The van der Waals surface area contributed by atoms with Crippen LogP contribution in [-0.4, -0.2) is 15.7 Å². The second-order valence-electron chi connectivity index (χ2n) is 5.47. The lowest BCUT2D eigenvalue weighted by Gasteiger charge is -2.11. The molecule has 0 aliphatic heterocycles. The highest BCUT2D eigenvalue weighted by atomic mass is 28.2. The topological polar surface area (TPSA) is 26.3 Å². The molecule has 0 N–H and O–H groups in total. The van der Waals surface area contributed by atoms with Crippen molar-refractivity contribution in [1.82, 2.24) is 0 Å². The molecule has 3 heteroatoms. The Hall–Kier alpha value is -1.35. The molecule has 1 aromatic rings. The van der Waals surface area contributed by atoms with Crippen LogP contribution in [0.4, 0.5) is 0 Å². The molecule has 0 unspecified atom stereocenters. The second-order valence-corrected chi connectivity index (χ2v) is 6.42. The summed E-state index contributed by atoms with van der Waals surface area (Å²) in [5.74, 6) is -0.301. The van der Waals surface area contributed by atoms with E-state index in [4.69, 9.17) is 4.43 Å². The molecule has 0 saturated heterocycles. The molecule has 0 aliphatic carbocycles. The summed E-state index contributed by atoms with van der Waals surface area (Å²) in [5.41, 5.74) is 3.18. The molecule has 0 spiro atoms. The molecule has 2 nitrogen and oxygen atoms in total. The molecule has 114 valence electrons. The van der Waals surface area contributed by atoms with Crippen LogP contribution in [0.1, 0.15) is 57.6 Å². The van der Waals surface area contributed by atoms with Crippen molar-refractivity contribution in [3.8, 4) is 0 Å². The number of unbranched alkanes of at least 4 members (excludes halogenated alkanes) is 2. The Morgan fingerprint density at radius 2 is 1.86 bits per heavy atom. The lowest BCUT2D eigenvalue weighted by molar-refractivity contribution is -0.129. The molecule has 2 radical (unpaired) electrons.